The molecule has 1 aliphatic carbocycles. The number of halogens is 3. The van der Waals surface area contributed by atoms with Crippen LogP contribution in [0.5, 0.6) is 5.88 Å². The maximum atomic E-state index is 12.7. The molecule has 2 heterocycles. The SMILES string of the molecule is COCC1CCCN1NC(=O)c1cnc(OCC(F)(F)F)c(C2CCCC2)c1. The molecule has 6 nitrogen and oxygen atoms in total. The highest BCUT2D eigenvalue weighted by Crippen LogP contribution is 2.38. The molecule has 1 atom stereocenters. The van der Waals surface area contributed by atoms with Gasteiger partial charge in [-0.1, -0.05) is 12.8 Å². The number of nitrogens with zero attached hydrogens (tertiary/aromatic N) is 2. The number of ether oxygens (including phenoxy) is 2. The Bertz CT molecular complexity index is 678. The Labute approximate surface area is 162 Å². The molecule has 1 N–H and O–H groups in total. The van der Waals surface area contributed by atoms with E-state index in [-0.39, 0.29) is 23.7 Å². The van der Waals surface area contributed by atoms with Gasteiger partial charge >= 0.3 is 6.18 Å². The third-order valence-corrected chi connectivity index (χ3v) is 5.29. The van der Waals surface area contributed by atoms with Crippen LogP contribution in [0.25, 0.3) is 0 Å². The van der Waals surface area contributed by atoms with Crippen molar-refractivity contribution in [2.45, 2.75) is 56.7 Å². The Morgan fingerprint density at radius 3 is 2.71 bits per heavy atom. The molecule has 0 spiro atoms. The fraction of sp³-hybridized carbons (Fsp3) is 0.684. The third kappa shape index (κ3) is 5.35. The van der Waals surface area contributed by atoms with Gasteiger partial charge in [-0.05, 0) is 37.7 Å². The summed E-state index contributed by atoms with van der Waals surface area (Å²) in [5.41, 5.74) is 3.79. The summed E-state index contributed by atoms with van der Waals surface area (Å²) in [6, 6.07) is 1.75. The van der Waals surface area contributed by atoms with E-state index in [0.29, 0.717) is 17.7 Å². The summed E-state index contributed by atoms with van der Waals surface area (Å²) in [7, 11) is 1.62. The summed E-state index contributed by atoms with van der Waals surface area (Å²) in [4.78, 5) is 16.7. The molecule has 1 aromatic heterocycles. The average molecular weight is 401 g/mol. The maximum Gasteiger partial charge on any atom is 0.422 e. The van der Waals surface area contributed by atoms with Gasteiger partial charge in [0.05, 0.1) is 18.2 Å². The first-order chi connectivity index (χ1) is 13.4. The number of rotatable bonds is 7. The first-order valence-corrected chi connectivity index (χ1v) is 9.63. The molecule has 1 aromatic rings. The van der Waals surface area contributed by atoms with Crippen molar-refractivity contribution in [1.82, 2.24) is 15.4 Å². The van der Waals surface area contributed by atoms with E-state index in [1.165, 1.54) is 6.20 Å². The molecular weight excluding hydrogens is 375 g/mol. The van der Waals surface area contributed by atoms with E-state index >= 15 is 0 Å². The van der Waals surface area contributed by atoms with E-state index in [2.05, 4.69) is 10.4 Å². The molecule has 3 rings (SSSR count). The number of hydrogen-bond acceptors (Lipinski definition) is 5. The highest BCUT2D eigenvalue weighted by molar-refractivity contribution is 5.93. The van der Waals surface area contributed by atoms with Gasteiger partial charge in [0.25, 0.3) is 5.91 Å². The number of hydrogen-bond donors (Lipinski definition) is 1. The molecule has 0 bridgehead atoms. The molecule has 1 amide bonds. The van der Waals surface area contributed by atoms with Crippen molar-refractivity contribution in [2.75, 3.05) is 26.9 Å². The number of nitrogens with one attached hydrogen (secondary N) is 1. The summed E-state index contributed by atoms with van der Waals surface area (Å²) < 4.78 is 47.8. The van der Waals surface area contributed by atoms with E-state index in [1.54, 1.807) is 13.2 Å². The second-order valence-electron chi connectivity index (χ2n) is 7.39. The minimum Gasteiger partial charge on any atom is -0.468 e. The predicted octanol–water partition coefficient (Wildman–Crippen LogP) is 3.44. The number of methoxy groups -OCH3 is 1. The van der Waals surface area contributed by atoms with Crippen molar-refractivity contribution in [1.29, 1.82) is 0 Å². The van der Waals surface area contributed by atoms with Crippen molar-refractivity contribution >= 4 is 5.91 Å². The molecule has 0 aromatic carbocycles. The summed E-state index contributed by atoms with van der Waals surface area (Å²) in [5.74, 6) is -0.284. The van der Waals surface area contributed by atoms with Crippen LogP contribution in [0.4, 0.5) is 13.2 Å². The van der Waals surface area contributed by atoms with Gasteiger partial charge in [-0.3, -0.25) is 10.2 Å². The molecule has 9 heteroatoms. The lowest BCUT2D eigenvalue weighted by atomic mass is 9.97. The van der Waals surface area contributed by atoms with Gasteiger partial charge in [0, 0.05) is 25.4 Å². The first kappa shape index (κ1) is 20.9. The predicted molar refractivity (Wildman–Crippen MR) is 96.1 cm³/mol. The van der Waals surface area contributed by atoms with Gasteiger partial charge in [0.2, 0.25) is 5.88 Å². The number of amides is 1. The van der Waals surface area contributed by atoms with E-state index in [1.807, 2.05) is 5.01 Å². The number of alkyl halides is 3. The van der Waals surface area contributed by atoms with Crippen LogP contribution in [-0.4, -0.2) is 55.0 Å². The van der Waals surface area contributed by atoms with Crippen molar-refractivity contribution < 1.29 is 27.4 Å². The quantitative estimate of drug-likeness (QED) is 0.758. The monoisotopic (exact) mass is 401 g/mol. The van der Waals surface area contributed by atoms with E-state index in [0.717, 1.165) is 45.1 Å². The van der Waals surface area contributed by atoms with Gasteiger partial charge in [-0.25, -0.2) is 9.99 Å². The van der Waals surface area contributed by atoms with Crippen LogP contribution in [0.15, 0.2) is 12.3 Å². The molecule has 0 radical (unpaired) electrons. The van der Waals surface area contributed by atoms with Gasteiger partial charge in [-0.2, -0.15) is 13.2 Å². The van der Waals surface area contributed by atoms with Crippen LogP contribution in [0.1, 0.15) is 60.4 Å². The Morgan fingerprint density at radius 2 is 2.04 bits per heavy atom. The second kappa shape index (κ2) is 9.09. The molecule has 28 heavy (non-hydrogen) atoms. The Balaban J connectivity index is 1.75. The molecule has 1 saturated heterocycles. The van der Waals surface area contributed by atoms with Crippen LogP contribution in [-0.2, 0) is 4.74 Å². The number of hydrazine groups is 1. The van der Waals surface area contributed by atoms with Gasteiger partial charge in [0.15, 0.2) is 6.61 Å². The Hall–Kier alpha value is -1.87. The van der Waals surface area contributed by atoms with Crippen molar-refractivity contribution in [2.24, 2.45) is 0 Å². The third-order valence-electron chi connectivity index (χ3n) is 5.29. The molecule has 2 aliphatic rings. The summed E-state index contributed by atoms with van der Waals surface area (Å²) in [6.45, 7) is -0.136. The fourth-order valence-corrected chi connectivity index (χ4v) is 3.94. The van der Waals surface area contributed by atoms with Gasteiger partial charge in [-0.15, -0.1) is 0 Å². The van der Waals surface area contributed by atoms with Crippen LogP contribution in [0.3, 0.4) is 0 Å². The zero-order valence-corrected chi connectivity index (χ0v) is 15.9. The first-order valence-electron chi connectivity index (χ1n) is 9.63. The largest absolute Gasteiger partial charge is 0.468 e. The number of pyridine rings is 1. The fourth-order valence-electron chi connectivity index (χ4n) is 3.94. The van der Waals surface area contributed by atoms with Crippen LogP contribution < -0.4 is 10.2 Å². The zero-order chi connectivity index (χ0) is 20.1. The lowest BCUT2D eigenvalue weighted by Gasteiger charge is -2.24. The maximum absolute atomic E-state index is 12.7. The van der Waals surface area contributed by atoms with Crippen molar-refractivity contribution in [3.8, 4) is 5.88 Å². The molecule has 2 fully saturated rings. The smallest absolute Gasteiger partial charge is 0.422 e. The summed E-state index contributed by atoms with van der Waals surface area (Å²) in [5, 5.41) is 1.86. The number of carbonyl (C=O) groups is 1. The highest BCUT2D eigenvalue weighted by Gasteiger charge is 2.31. The molecule has 156 valence electrons. The molecular formula is C19H26F3N3O3. The zero-order valence-electron chi connectivity index (χ0n) is 15.9. The Morgan fingerprint density at radius 1 is 1.29 bits per heavy atom. The molecule has 1 unspecified atom stereocenters. The van der Waals surface area contributed by atoms with Gasteiger partial charge in [0.1, 0.15) is 0 Å². The summed E-state index contributed by atoms with van der Waals surface area (Å²) in [6.07, 6.45) is 2.47. The second-order valence-corrected chi connectivity index (χ2v) is 7.39. The van der Waals surface area contributed by atoms with Crippen LogP contribution >= 0.6 is 0 Å². The standard InChI is InChI=1S/C19H26F3N3O3/c1-27-11-15-7-4-8-25(15)24-17(26)14-9-16(13-5-2-3-6-13)18(23-10-14)28-12-19(20,21)22/h9-10,13,15H,2-8,11-12H2,1H3,(H,24,26). The minimum absolute atomic E-state index is 0.0285. The van der Waals surface area contributed by atoms with Crippen molar-refractivity contribution in [3.63, 3.8) is 0 Å². The Kier molecular flexibility index (Phi) is 6.77. The number of carbonyl (C=O) groups excluding carboxylic acids is 1. The topological polar surface area (TPSA) is 63.7 Å². The average Bonchev–Trinajstić information content (AvgIpc) is 3.32. The highest BCUT2D eigenvalue weighted by atomic mass is 19.4. The normalized spacial score (nSPS) is 21.2. The molecule has 1 aliphatic heterocycles. The van der Waals surface area contributed by atoms with Gasteiger partial charge < -0.3 is 9.47 Å². The van der Waals surface area contributed by atoms with Crippen molar-refractivity contribution in [3.05, 3.63) is 23.4 Å². The van der Waals surface area contributed by atoms with E-state index in [4.69, 9.17) is 9.47 Å². The van der Waals surface area contributed by atoms with Crippen LogP contribution in [0.2, 0.25) is 0 Å². The minimum atomic E-state index is -4.43. The van der Waals surface area contributed by atoms with E-state index < -0.39 is 12.8 Å². The van der Waals surface area contributed by atoms with Crippen LogP contribution in [0, 0.1) is 0 Å². The number of aromatic nitrogens is 1. The van der Waals surface area contributed by atoms with E-state index in [9.17, 15) is 18.0 Å². The molecule has 1 saturated carbocycles. The summed E-state index contributed by atoms with van der Waals surface area (Å²) >= 11 is 0. The lowest BCUT2D eigenvalue weighted by Crippen LogP contribution is -2.46. The lowest BCUT2D eigenvalue weighted by molar-refractivity contribution is -0.154.